The van der Waals surface area contributed by atoms with E-state index in [-0.39, 0.29) is 22.3 Å². The van der Waals surface area contributed by atoms with Crippen LogP contribution >= 0.6 is 0 Å². The molecule has 0 spiro atoms. The molecule has 2 N–H and O–H groups in total. The molecule has 3 fully saturated rings. The number of sulfone groups is 1. The van der Waals surface area contributed by atoms with E-state index in [4.69, 9.17) is 0 Å². The first-order valence-electron chi connectivity index (χ1n) is 9.83. The van der Waals surface area contributed by atoms with Crippen molar-refractivity contribution in [3.63, 3.8) is 0 Å². The largest absolute Gasteiger partial charge is 0.326 e. The van der Waals surface area contributed by atoms with Crippen molar-refractivity contribution < 1.29 is 21.6 Å². The summed E-state index contributed by atoms with van der Waals surface area (Å²) in [5.41, 5.74) is 0.565. The van der Waals surface area contributed by atoms with Crippen LogP contribution in [0.4, 0.5) is 5.69 Å². The summed E-state index contributed by atoms with van der Waals surface area (Å²) in [5, 5.41) is 2.86. The molecule has 28 heavy (non-hydrogen) atoms. The molecule has 1 amide bonds. The number of hydrogen-bond donors (Lipinski definition) is 2. The first-order chi connectivity index (χ1) is 13.2. The zero-order valence-electron chi connectivity index (χ0n) is 15.6. The summed E-state index contributed by atoms with van der Waals surface area (Å²) in [6, 6.07) is 5.41. The maximum atomic E-state index is 12.4. The summed E-state index contributed by atoms with van der Waals surface area (Å²) in [7, 11) is -6.95. The molecule has 3 aliphatic rings. The standard InChI is InChI=1S/C19H26N2O5S2/c22-19(11-15-10-13-1-2-14(15)9-13)20-16-3-5-18(6-4-16)28(25,26)21-17-7-8-27(23,24)12-17/h3-6,13-15,17,21H,1-2,7-12H2,(H,20,22)/t13-,14-,15-,17+/m0/s1. The van der Waals surface area contributed by atoms with Crippen LogP contribution in [0.3, 0.4) is 0 Å². The first kappa shape index (κ1) is 19.8. The van der Waals surface area contributed by atoms with E-state index in [0.29, 0.717) is 30.4 Å². The number of hydrogen-bond acceptors (Lipinski definition) is 5. The molecule has 1 heterocycles. The highest BCUT2D eigenvalue weighted by Gasteiger charge is 2.40. The van der Waals surface area contributed by atoms with Crippen LogP contribution in [-0.2, 0) is 24.7 Å². The molecule has 1 saturated heterocycles. The fourth-order valence-corrected chi connectivity index (χ4v) is 8.02. The third kappa shape index (κ3) is 4.41. The number of carbonyl (C=O) groups excluding carboxylic acids is 1. The van der Waals surface area contributed by atoms with Crippen molar-refractivity contribution in [1.29, 1.82) is 0 Å². The van der Waals surface area contributed by atoms with Crippen molar-refractivity contribution in [2.75, 3.05) is 16.8 Å². The Morgan fingerprint density at radius 1 is 1.07 bits per heavy atom. The highest BCUT2D eigenvalue weighted by atomic mass is 32.2. The predicted molar refractivity (Wildman–Crippen MR) is 106 cm³/mol. The molecule has 1 aromatic rings. The van der Waals surface area contributed by atoms with Gasteiger partial charge in [0.05, 0.1) is 16.4 Å². The fraction of sp³-hybridized carbons (Fsp3) is 0.632. The lowest BCUT2D eigenvalue weighted by Crippen LogP contribution is -2.35. The number of sulfonamides is 1. The van der Waals surface area contributed by atoms with Crippen LogP contribution in [-0.4, -0.2) is 40.3 Å². The van der Waals surface area contributed by atoms with E-state index >= 15 is 0 Å². The van der Waals surface area contributed by atoms with Gasteiger partial charge >= 0.3 is 0 Å². The summed E-state index contributed by atoms with van der Waals surface area (Å²) >= 11 is 0. The van der Waals surface area contributed by atoms with Crippen molar-refractivity contribution in [2.24, 2.45) is 17.8 Å². The molecule has 4 rings (SSSR count). The minimum Gasteiger partial charge on any atom is -0.326 e. The van der Waals surface area contributed by atoms with Crippen LogP contribution in [0.1, 0.15) is 38.5 Å². The van der Waals surface area contributed by atoms with E-state index < -0.39 is 25.9 Å². The summed E-state index contributed by atoms with van der Waals surface area (Å²) in [4.78, 5) is 12.4. The number of anilines is 1. The van der Waals surface area contributed by atoms with Crippen molar-refractivity contribution >= 4 is 31.5 Å². The minimum atomic E-state index is -3.79. The Balaban J connectivity index is 1.33. The van der Waals surface area contributed by atoms with Crippen molar-refractivity contribution in [1.82, 2.24) is 4.72 Å². The molecule has 0 radical (unpaired) electrons. The maximum Gasteiger partial charge on any atom is 0.240 e. The van der Waals surface area contributed by atoms with E-state index in [9.17, 15) is 21.6 Å². The third-order valence-electron chi connectivity index (χ3n) is 6.33. The Labute approximate surface area is 166 Å². The molecule has 2 saturated carbocycles. The maximum absolute atomic E-state index is 12.4. The lowest BCUT2D eigenvalue weighted by atomic mass is 9.86. The average molecular weight is 427 g/mol. The number of nitrogens with one attached hydrogen (secondary N) is 2. The van der Waals surface area contributed by atoms with Gasteiger partial charge in [0.15, 0.2) is 9.84 Å². The normalized spacial score (nSPS) is 31.1. The van der Waals surface area contributed by atoms with Crippen molar-refractivity contribution in [2.45, 2.75) is 49.5 Å². The Kier molecular flexibility index (Phi) is 5.26. The molecule has 4 atom stereocenters. The van der Waals surface area contributed by atoms with Gasteiger partial charge in [0.2, 0.25) is 15.9 Å². The van der Waals surface area contributed by atoms with Gasteiger partial charge in [0.25, 0.3) is 0 Å². The third-order valence-corrected chi connectivity index (χ3v) is 9.64. The molecule has 1 aromatic carbocycles. The van der Waals surface area contributed by atoms with Gasteiger partial charge in [0.1, 0.15) is 0 Å². The Hall–Kier alpha value is -1.45. The molecular weight excluding hydrogens is 400 g/mol. The van der Waals surface area contributed by atoms with Crippen molar-refractivity contribution in [3.8, 4) is 0 Å². The van der Waals surface area contributed by atoms with Crippen LogP contribution in [0.2, 0.25) is 0 Å². The molecular formula is C19H26N2O5S2. The SMILES string of the molecule is O=C(C[C@@H]1C[C@H]2CC[C@H]1C2)Nc1ccc(S(=O)(=O)N[C@@H]2CCS(=O)(=O)C2)cc1. The van der Waals surface area contributed by atoms with Crippen LogP contribution in [0.5, 0.6) is 0 Å². The molecule has 154 valence electrons. The van der Waals surface area contributed by atoms with Gasteiger partial charge in [-0.3, -0.25) is 4.79 Å². The van der Waals surface area contributed by atoms with Gasteiger partial charge in [-0.25, -0.2) is 21.6 Å². The summed E-state index contributed by atoms with van der Waals surface area (Å²) in [5.74, 6) is 1.79. The zero-order chi connectivity index (χ0) is 19.9. The molecule has 9 heteroatoms. The Morgan fingerprint density at radius 2 is 1.82 bits per heavy atom. The summed E-state index contributed by atoms with van der Waals surface area (Å²) in [6.07, 6.45) is 5.78. The van der Waals surface area contributed by atoms with E-state index in [2.05, 4.69) is 10.0 Å². The number of rotatable bonds is 6. The Bertz CT molecular complexity index is 957. The number of amides is 1. The fourth-order valence-electron chi connectivity index (χ4n) is 4.97. The van der Waals surface area contributed by atoms with Gasteiger partial charge in [-0.15, -0.1) is 0 Å². The summed E-state index contributed by atoms with van der Waals surface area (Å²) < 4.78 is 50.3. The molecule has 7 nitrogen and oxygen atoms in total. The van der Waals surface area contributed by atoms with Crippen LogP contribution < -0.4 is 10.0 Å². The highest BCUT2D eigenvalue weighted by Crippen LogP contribution is 2.49. The molecule has 0 unspecified atom stereocenters. The van der Waals surface area contributed by atoms with E-state index in [1.54, 1.807) is 12.1 Å². The second-order valence-electron chi connectivity index (χ2n) is 8.43. The zero-order valence-corrected chi connectivity index (χ0v) is 17.3. The first-order valence-corrected chi connectivity index (χ1v) is 13.1. The second kappa shape index (κ2) is 7.42. The van der Waals surface area contributed by atoms with Crippen LogP contribution in [0, 0.1) is 17.8 Å². The smallest absolute Gasteiger partial charge is 0.240 e. The van der Waals surface area contributed by atoms with Gasteiger partial charge in [-0.1, -0.05) is 6.42 Å². The van der Waals surface area contributed by atoms with Crippen LogP contribution in [0.15, 0.2) is 29.2 Å². The predicted octanol–water partition coefficient (Wildman–Crippen LogP) is 1.92. The minimum absolute atomic E-state index is 0.00769. The van der Waals surface area contributed by atoms with Crippen LogP contribution in [0.25, 0.3) is 0 Å². The quantitative estimate of drug-likeness (QED) is 0.722. The van der Waals surface area contributed by atoms with E-state index in [0.717, 1.165) is 12.3 Å². The lowest BCUT2D eigenvalue weighted by Gasteiger charge is -2.20. The number of fused-ring (bicyclic) bond motifs is 2. The average Bonchev–Trinajstić information content (AvgIpc) is 3.30. The molecule has 2 bridgehead atoms. The second-order valence-corrected chi connectivity index (χ2v) is 12.4. The molecule has 1 aliphatic heterocycles. The van der Waals surface area contributed by atoms with E-state index in [1.807, 2.05) is 0 Å². The summed E-state index contributed by atoms with van der Waals surface area (Å²) in [6.45, 7) is 0. The van der Waals surface area contributed by atoms with Gasteiger partial charge in [0, 0.05) is 18.2 Å². The lowest BCUT2D eigenvalue weighted by molar-refractivity contribution is -0.117. The van der Waals surface area contributed by atoms with Gasteiger partial charge < -0.3 is 5.32 Å². The van der Waals surface area contributed by atoms with Gasteiger partial charge in [-0.05, 0) is 67.7 Å². The highest BCUT2D eigenvalue weighted by molar-refractivity contribution is 7.92. The molecule has 0 aromatic heterocycles. The monoisotopic (exact) mass is 426 g/mol. The van der Waals surface area contributed by atoms with Crippen molar-refractivity contribution in [3.05, 3.63) is 24.3 Å². The van der Waals surface area contributed by atoms with Gasteiger partial charge in [-0.2, -0.15) is 0 Å². The number of carbonyl (C=O) groups is 1. The topological polar surface area (TPSA) is 109 Å². The molecule has 2 aliphatic carbocycles. The Morgan fingerprint density at radius 3 is 2.39 bits per heavy atom. The van der Waals surface area contributed by atoms with E-state index in [1.165, 1.54) is 31.4 Å². The number of benzene rings is 1.